The molecule has 0 aliphatic carbocycles. The van der Waals surface area contributed by atoms with E-state index in [0.29, 0.717) is 32.0 Å². The average Bonchev–Trinajstić information content (AvgIpc) is 2.45. The average molecular weight is 286 g/mol. The van der Waals surface area contributed by atoms with Crippen molar-refractivity contribution in [3.8, 4) is 0 Å². The Morgan fingerprint density at radius 2 is 1.50 bits per heavy atom. The molecule has 0 bridgehead atoms. The van der Waals surface area contributed by atoms with E-state index < -0.39 is 0 Å². The van der Waals surface area contributed by atoms with Gasteiger partial charge in [-0.25, -0.2) is 0 Å². The molecule has 0 heterocycles. The molecule has 4 nitrogen and oxygen atoms in total. The predicted octanol–water partition coefficient (Wildman–Crippen LogP) is 3.87. The van der Waals surface area contributed by atoms with Crippen molar-refractivity contribution in [1.29, 1.82) is 0 Å². The second-order valence-electron chi connectivity index (χ2n) is 5.29. The zero-order valence-corrected chi connectivity index (χ0v) is 13.3. The Kier molecular flexibility index (Phi) is 12.3. The molecule has 0 fully saturated rings. The van der Waals surface area contributed by atoms with Crippen LogP contribution < -0.4 is 0 Å². The summed E-state index contributed by atoms with van der Waals surface area (Å²) in [6.45, 7) is 6.97. The van der Waals surface area contributed by atoms with E-state index in [0.717, 1.165) is 19.3 Å². The summed E-state index contributed by atoms with van der Waals surface area (Å²) >= 11 is 0. The van der Waals surface area contributed by atoms with Gasteiger partial charge in [0.25, 0.3) is 0 Å². The minimum atomic E-state index is -0.178. The van der Waals surface area contributed by atoms with E-state index in [4.69, 9.17) is 9.47 Å². The number of carbonyl (C=O) groups is 2. The highest BCUT2D eigenvalue weighted by molar-refractivity contribution is 5.69. The van der Waals surface area contributed by atoms with E-state index in [9.17, 15) is 9.59 Å². The number of carbonyl (C=O) groups excluding carboxylic acids is 2. The molecule has 0 aliphatic rings. The standard InChI is InChI=1S/C16H30O4/c1-4-6-9-14(3)10-11-16(18)20-13-8-7-12-19-15(17)5-2/h14H,4-13H2,1-3H3. The lowest BCUT2D eigenvalue weighted by Gasteiger charge is -2.10. The molecule has 4 heteroatoms. The van der Waals surface area contributed by atoms with E-state index in [1.165, 1.54) is 19.3 Å². The lowest BCUT2D eigenvalue weighted by atomic mass is 9.99. The number of rotatable bonds is 12. The number of hydrogen-bond acceptors (Lipinski definition) is 4. The predicted molar refractivity (Wildman–Crippen MR) is 79.4 cm³/mol. The van der Waals surface area contributed by atoms with Crippen LogP contribution in [0.3, 0.4) is 0 Å². The van der Waals surface area contributed by atoms with Gasteiger partial charge in [0.2, 0.25) is 0 Å². The van der Waals surface area contributed by atoms with Crippen LogP contribution in [-0.2, 0) is 19.1 Å². The molecule has 0 aromatic carbocycles. The Bertz CT molecular complexity index is 263. The van der Waals surface area contributed by atoms with Crippen LogP contribution in [0.2, 0.25) is 0 Å². The topological polar surface area (TPSA) is 52.6 Å². The molecule has 1 unspecified atom stereocenters. The van der Waals surface area contributed by atoms with Gasteiger partial charge in [0.05, 0.1) is 13.2 Å². The van der Waals surface area contributed by atoms with Crippen molar-refractivity contribution in [3.05, 3.63) is 0 Å². The Morgan fingerprint density at radius 1 is 0.900 bits per heavy atom. The summed E-state index contributed by atoms with van der Waals surface area (Å²) in [6, 6.07) is 0. The number of esters is 2. The lowest BCUT2D eigenvalue weighted by molar-refractivity contribution is -0.146. The maximum Gasteiger partial charge on any atom is 0.305 e. The second kappa shape index (κ2) is 12.9. The van der Waals surface area contributed by atoms with E-state index in [1.54, 1.807) is 6.92 Å². The van der Waals surface area contributed by atoms with Crippen molar-refractivity contribution in [2.24, 2.45) is 5.92 Å². The molecular formula is C16H30O4. The Morgan fingerprint density at radius 3 is 2.05 bits per heavy atom. The van der Waals surface area contributed by atoms with E-state index in [2.05, 4.69) is 13.8 Å². The molecule has 0 N–H and O–H groups in total. The Hall–Kier alpha value is -1.06. The SMILES string of the molecule is CCCCC(C)CCC(=O)OCCCCOC(=O)CC. The molecule has 0 radical (unpaired) electrons. The van der Waals surface area contributed by atoms with Crippen LogP contribution in [-0.4, -0.2) is 25.2 Å². The first-order chi connectivity index (χ1) is 9.60. The minimum absolute atomic E-state index is 0.112. The first kappa shape index (κ1) is 18.9. The third kappa shape index (κ3) is 12.0. The summed E-state index contributed by atoms with van der Waals surface area (Å²) in [6.07, 6.45) is 6.94. The highest BCUT2D eigenvalue weighted by atomic mass is 16.5. The molecule has 118 valence electrons. The first-order valence-corrected chi connectivity index (χ1v) is 7.91. The molecule has 0 aromatic rings. The third-order valence-electron chi connectivity index (χ3n) is 3.25. The molecule has 20 heavy (non-hydrogen) atoms. The van der Waals surface area contributed by atoms with E-state index in [1.807, 2.05) is 0 Å². The molecular weight excluding hydrogens is 256 g/mol. The van der Waals surface area contributed by atoms with Crippen LogP contribution in [0, 0.1) is 5.92 Å². The van der Waals surface area contributed by atoms with Gasteiger partial charge in [-0.05, 0) is 25.2 Å². The van der Waals surface area contributed by atoms with Gasteiger partial charge < -0.3 is 9.47 Å². The van der Waals surface area contributed by atoms with Crippen LogP contribution in [0.25, 0.3) is 0 Å². The Labute approximate surface area is 123 Å². The molecule has 1 atom stereocenters. The zero-order valence-electron chi connectivity index (χ0n) is 13.3. The van der Waals surface area contributed by atoms with Crippen molar-refractivity contribution in [1.82, 2.24) is 0 Å². The van der Waals surface area contributed by atoms with E-state index >= 15 is 0 Å². The summed E-state index contributed by atoms with van der Waals surface area (Å²) in [5, 5.41) is 0. The van der Waals surface area contributed by atoms with Crippen LogP contribution >= 0.6 is 0 Å². The summed E-state index contributed by atoms with van der Waals surface area (Å²) in [7, 11) is 0. The van der Waals surface area contributed by atoms with Gasteiger partial charge in [-0.2, -0.15) is 0 Å². The lowest BCUT2D eigenvalue weighted by Crippen LogP contribution is -2.09. The van der Waals surface area contributed by atoms with Gasteiger partial charge in [0.1, 0.15) is 0 Å². The fraction of sp³-hybridized carbons (Fsp3) is 0.875. The summed E-state index contributed by atoms with van der Waals surface area (Å²) in [5.74, 6) is 0.304. The van der Waals surface area contributed by atoms with Crippen LogP contribution in [0.4, 0.5) is 0 Å². The van der Waals surface area contributed by atoms with Crippen molar-refractivity contribution < 1.29 is 19.1 Å². The zero-order chi connectivity index (χ0) is 15.2. The van der Waals surface area contributed by atoms with Gasteiger partial charge in [0.15, 0.2) is 0 Å². The molecule has 0 spiro atoms. The fourth-order valence-electron chi connectivity index (χ4n) is 1.81. The Balaban J connectivity index is 3.38. The van der Waals surface area contributed by atoms with Gasteiger partial charge in [-0.3, -0.25) is 9.59 Å². The first-order valence-electron chi connectivity index (χ1n) is 7.91. The highest BCUT2D eigenvalue weighted by Gasteiger charge is 2.07. The van der Waals surface area contributed by atoms with Crippen molar-refractivity contribution in [3.63, 3.8) is 0 Å². The molecule has 0 rings (SSSR count). The molecule has 0 amide bonds. The van der Waals surface area contributed by atoms with E-state index in [-0.39, 0.29) is 11.9 Å². The van der Waals surface area contributed by atoms with Crippen molar-refractivity contribution >= 4 is 11.9 Å². The molecule has 0 saturated heterocycles. The van der Waals surface area contributed by atoms with Gasteiger partial charge in [-0.1, -0.05) is 40.0 Å². The molecule has 0 aromatic heterocycles. The van der Waals surface area contributed by atoms with Gasteiger partial charge in [0, 0.05) is 12.8 Å². The fourth-order valence-corrected chi connectivity index (χ4v) is 1.81. The smallest absolute Gasteiger partial charge is 0.305 e. The maximum absolute atomic E-state index is 11.5. The monoisotopic (exact) mass is 286 g/mol. The molecule has 0 saturated carbocycles. The minimum Gasteiger partial charge on any atom is -0.466 e. The summed E-state index contributed by atoms with van der Waals surface area (Å²) < 4.78 is 10.1. The van der Waals surface area contributed by atoms with Gasteiger partial charge >= 0.3 is 11.9 Å². The maximum atomic E-state index is 11.5. The number of hydrogen-bond donors (Lipinski definition) is 0. The normalized spacial score (nSPS) is 11.9. The van der Waals surface area contributed by atoms with Crippen LogP contribution in [0.15, 0.2) is 0 Å². The van der Waals surface area contributed by atoms with Crippen molar-refractivity contribution in [2.75, 3.05) is 13.2 Å². The third-order valence-corrected chi connectivity index (χ3v) is 3.25. The second-order valence-corrected chi connectivity index (χ2v) is 5.29. The summed E-state index contributed by atoms with van der Waals surface area (Å²) in [5.41, 5.74) is 0. The summed E-state index contributed by atoms with van der Waals surface area (Å²) in [4.78, 5) is 22.4. The van der Waals surface area contributed by atoms with Crippen LogP contribution in [0.1, 0.15) is 72.1 Å². The number of unbranched alkanes of at least 4 members (excludes halogenated alkanes) is 2. The number of ether oxygens (including phenoxy) is 2. The highest BCUT2D eigenvalue weighted by Crippen LogP contribution is 2.14. The van der Waals surface area contributed by atoms with Gasteiger partial charge in [-0.15, -0.1) is 0 Å². The quantitative estimate of drug-likeness (QED) is 0.404. The largest absolute Gasteiger partial charge is 0.466 e. The van der Waals surface area contributed by atoms with Crippen LogP contribution in [0.5, 0.6) is 0 Å². The van der Waals surface area contributed by atoms with Crippen molar-refractivity contribution in [2.45, 2.75) is 72.1 Å². The molecule has 0 aliphatic heterocycles.